The molecule has 4 heteroatoms. The zero-order valence-corrected chi connectivity index (χ0v) is 13.2. The quantitative estimate of drug-likeness (QED) is 0.714. The molecular formula is C16H28N2O2. The van der Waals surface area contributed by atoms with Crippen LogP contribution in [0.2, 0.25) is 0 Å². The van der Waals surface area contributed by atoms with Gasteiger partial charge in [0.15, 0.2) is 0 Å². The van der Waals surface area contributed by atoms with Crippen LogP contribution in [0.4, 0.5) is 5.69 Å². The molecule has 2 atom stereocenters. The summed E-state index contributed by atoms with van der Waals surface area (Å²) in [5.41, 5.74) is 1.60. The maximum Gasteiger partial charge on any atom is 0.0943 e. The Morgan fingerprint density at radius 2 is 1.75 bits per heavy atom. The number of hydrogen-bond acceptors (Lipinski definition) is 4. The monoisotopic (exact) mass is 280 g/mol. The lowest BCUT2D eigenvalue weighted by molar-refractivity contribution is 0.0899. The summed E-state index contributed by atoms with van der Waals surface area (Å²) in [6.07, 6.45) is 0.210. The fourth-order valence-corrected chi connectivity index (χ4v) is 2.15. The third-order valence-electron chi connectivity index (χ3n) is 3.54. The Morgan fingerprint density at radius 3 is 2.15 bits per heavy atom. The maximum atomic E-state index is 10.5. The minimum absolute atomic E-state index is 0.0375. The van der Waals surface area contributed by atoms with Gasteiger partial charge in [0.2, 0.25) is 0 Å². The van der Waals surface area contributed by atoms with Gasteiger partial charge in [-0.15, -0.1) is 0 Å². The van der Waals surface area contributed by atoms with Crippen LogP contribution in [0.3, 0.4) is 0 Å². The van der Waals surface area contributed by atoms with Crippen LogP contribution in [0.15, 0.2) is 24.3 Å². The molecule has 0 aliphatic heterocycles. The average Bonchev–Trinajstić information content (AvgIpc) is 2.44. The second-order valence-corrected chi connectivity index (χ2v) is 6.13. The molecule has 0 amide bonds. The van der Waals surface area contributed by atoms with Gasteiger partial charge in [0.1, 0.15) is 0 Å². The van der Waals surface area contributed by atoms with Gasteiger partial charge in [-0.3, -0.25) is 0 Å². The van der Waals surface area contributed by atoms with E-state index in [0.717, 1.165) is 17.7 Å². The van der Waals surface area contributed by atoms with Gasteiger partial charge in [-0.05, 0) is 38.0 Å². The Morgan fingerprint density at radius 1 is 1.20 bits per heavy atom. The molecule has 2 unspecified atom stereocenters. The number of rotatable bonds is 7. The van der Waals surface area contributed by atoms with Crippen molar-refractivity contribution in [2.45, 2.75) is 44.9 Å². The summed E-state index contributed by atoms with van der Waals surface area (Å²) in [7, 11) is 3.98. The highest BCUT2D eigenvalue weighted by molar-refractivity contribution is 5.46. The molecule has 0 saturated heterocycles. The summed E-state index contributed by atoms with van der Waals surface area (Å²) in [5, 5.41) is 23.2. The zero-order valence-electron chi connectivity index (χ0n) is 13.2. The lowest BCUT2D eigenvalue weighted by atomic mass is 9.96. The van der Waals surface area contributed by atoms with Crippen LogP contribution in [0.1, 0.15) is 38.9 Å². The normalized spacial score (nSPS) is 14.9. The van der Waals surface area contributed by atoms with Crippen LogP contribution in [0, 0.1) is 0 Å². The predicted octanol–water partition coefficient (Wildman–Crippen LogP) is 1.93. The first-order valence-electron chi connectivity index (χ1n) is 7.14. The Kier molecular flexibility index (Phi) is 5.99. The molecule has 0 aromatic heterocycles. The molecule has 20 heavy (non-hydrogen) atoms. The van der Waals surface area contributed by atoms with E-state index in [2.05, 4.69) is 5.32 Å². The van der Waals surface area contributed by atoms with Crippen molar-refractivity contribution in [1.82, 2.24) is 5.32 Å². The summed E-state index contributed by atoms with van der Waals surface area (Å²) in [6, 6.07) is 7.83. The van der Waals surface area contributed by atoms with Gasteiger partial charge in [0.25, 0.3) is 0 Å². The Labute approximate surface area is 122 Å². The first-order chi connectivity index (χ1) is 9.30. The molecule has 0 spiro atoms. The summed E-state index contributed by atoms with van der Waals surface area (Å²) in [6.45, 7) is 5.92. The van der Waals surface area contributed by atoms with Crippen LogP contribution < -0.4 is 10.2 Å². The molecule has 1 aromatic rings. The highest BCUT2D eigenvalue weighted by atomic mass is 16.3. The van der Waals surface area contributed by atoms with Crippen molar-refractivity contribution in [2.75, 3.05) is 25.6 Å². The van der Waals surface area contributed by atoms with Crippen molar-refractivity contribution in [3.63, 3.8) is 0 Å². The van der Waals surface area contributed by atoms with E-state index >= 15 is 0 Å². The van der Waals surface area contributed by atoms with E-state index in [1.54, 1.807) is 0 Å². The molecule has 0 radical (unpaired) electrons. The molecule has 0 bridgehead atoms. The van der Waals surface area contributed by atoms with Crippen molar-refractivity contribution in [3.8, 4) is 0 Å². The second-order valence-electron chi connectivity index (χ2n) is 6.13. The Hall–Kier alpha value is -1.10. The van der Waals surface area contributed by atoms with Gasteiger partial charge in [-0.2, -0.15) is 0 Å². The Balaban J connectivity index is 2.82. The predicted molar refractivity (Wildman–Crippen MR) is 84.1 cm³/mol. The second kappa shape index (κ2) is 7.07. The van der Waals surface area contributed by atoms with Gasteiger partial charge in [0, 0.05) is 31.4 Å². The SMILES string of the molecule is CCC(NC(C)(C)CO)C(O)c1ccc(N(C)C)cc1. The van der Waals surface area contributed by atoms with E-state index in [1.807, 2.05) is 64.0 Å². The fourth-order valence-electron chi connectivity index (χ4n) is 2.15. The fraction of sp³-hybridized carbons (Fsp3) is 0.625. The number of hydrogen-bond donors (Lipinski definition) is 3. The van der Waals surface area contributed by atoms with E-state index in [1.165, 1.54) is 0 Å². The number of benzene rings is 1. The molecule has 0 fully saturated rings. The van der Waals surface area contributed by atoms with Gasteiger partial charge in [-0.25, -0.2) is 0 Å². The van der Waals surface area contributed by atoms with E-state index < -0.39 is 11.6 Å². The van der Waals surface area contributed by atoms with Gasteiger partial charge in [0.05, 0.1) is 12.7 Å². The van der Waals surface area contributed by atoms with E-state index in [4.69, 9.17) is 0 Å². The smallest absolute Gasteiger partial charge is 0.0943 e. The first-order valence-corrected chi connectivity index (χ1v) is 7.14. The third-order valence-corrected chi connectivity index (χ3v) is 3.54. The summed E-state index contributed by atoms with van der Waals surface area (Å²) < 4.78 is 0. The molecule has 114 valence electrons. The molecule has 0 aliphatic rings. The summed E-state index contributed by atoms with van der Waals surface area (Å²) in [4.78, 5) is 2.03. The first kappa shape index (κ1) is 17.0. The van der Waals surface area contributed by atoms with Crippen LogP contribution in [-0.2, 0) is 0 Å². The van der Waals surface area contributed by atoms with Crippen molar-refractivity contribution in [1.29, 1.82) is 0 Å². The molecule has 3 N–H and O–H groups in total. The van der Waals surface area contributed by atoms with Gasteiger partial charge in [-0.1, -0.05) is 19.1 Å². The summed E-state index contributed by atoms with van der Waals surface area (Å²) >= 11 is 0. The number of aliphatic hydroxyl groups excluding tert-OH is 2. The van der Waals surface area contributed by atoms with Crippen molar-refractivity contribution >= 4 is 5.69 Å². The van der Waals surface area contributed by atoms with E-state index in [-0.39, 0.29) is 12.6 Å². The highest BCUT2D eigenvalue weighted by Gasteiger charge is 2.26. The number of nitrogens with one attached hydrogen (secondary N) is 1. The number of aliphatic hydroxyl groups is 2. The van der Waals surface area contributed by atoms with Gasteiger partial charge < -0.3 is 20.4 Å². The lowest BCUT2D eigenvalue weighted by Gasteiger charge is -2.32. The van der Waals surface area contributed by atoms with E-state index in [9.17, 15) is 10.2 Å². The standard InChI is InChI=1S/C16H28N2O2/c1-6-14(17-16(2,3)11-19)15(20)12-7-9-13(10-8-12)18(4)5/h7-10,14-15,17,19-20H,6,11H2,1-5H3. The van der Waals surface area contributed by atoms with Crippen molar-refractivity contribution in [2.24, 2.45) is 0 Å². The minimum Gasteiger partial charge on any atom is -0.394 e. The minimum atomic E-state index is -0.581. The van der Waals surface area contributed by atoms with Crippen LogP contribution in [-0.4, -0.2) is 42.5 Å². The third kappa shape index (κ3) is 4.47. The van der Waals surface area contributed by atoms with E-state index in [0.29, 0.717) is 0 Å². The van der Waals surface area contributed by atoms with Crippen molar-refractivity contribution < 1.29 is 10.2 Å². The zero-order chi connectivity index (χ0) is 15.3. The largest absolute Gasteiger partial charge is 0.394 e. The van der Waals surface area contributed by atoms with Crippen LogP contribution >= 0.6 is 0 Å². The lowest BCUT2D eigenvalue weighted by Crippen LogP contribution is -2.50. The molecule has 0 heterocycles. The van der Waals surface area contributed by atoms with Crippen LogP contribution in [0.5, 0.6) is 0 Å². The summed E-state index contributed by atoms with van der Waals surface area (Å²) in [5.74, 6) is 0. The number of nitrogens with zero attached hydrogens (tertiary/aromatic N) is 1. The van der Waals surface area contributed by atoms with Crippen LogP contribution in [0.25, 0.3) is 0 Å². The molecule has 0 aliphatic carbocycles. The number of anilines is 1. The Bertz CT molecular complexity index is 401. The van der Waals surface area contributed by atoms with Gasteiger partial charge >= 0.3 is 0 Å². The topological polar surface area (TPSA) is 55.7 Å². The maximum absolute atomic E-state index is 10.5. The molecule has 1 aromatic carbocycles. The molecular weight excluding hydrogens is 252 g/mol. The average molecular weight is 280 g/mol. The molecule has 0 saturated carbocycles. The molecule has 4 nitrogen and oxygen atoms in total. The molecule has 1 rings (SSSR count). The van der Waals surface area contributed by atoms with Crippen molar-refractivity contribution in [3.05, 3.63) is 29.8 Å². The highest BCUT2D eigenvalue weighted by Crippen LogP contribution is 2.23.